The number of hydrogen-bond donors (Lipinski definition) is 0. The predicted molar refractivity (Wildman–Crippen MR) is 105 cm³/mol. The van der Waals surface area contributed by atoms with Gasteiger partial charge in [-0.05, 0) is 38.3 Å². The monoisotopic (exact) mass is 368 g/mol. The summed E-state index contributed by atoms with van der Waals surface area (Å²) in [4.78, 5) is 29.5. The van der Waals surface area contributed by atoms with Crippen LogP contribution in [-0.2, 0) is 4.79 Å². The minimum absolute atomic E-state index is 0.0322. The van der Waals surface area contributed by atoms with E-state index in [-0.39, 0.29) is 23.4 Å². The summed E-state index contributed by atoms with van der Waals surface area (Å²) in [5.41, 5.74) is 0.607. The molecule has 2 aromatic rings. The summed E-state index contributed by atoms with van der Waals surface area (Å²) in [6.45, 7) is 4.92. The summed E-state index contributed by atoms with van der Waals surface area (Å²) < 4.78 is 5.87. The van der Waals surface area contributed by atoms with Crippen LogP contribution in [0.15, 0.2) is 34.7 Å². The van der Waals surface area contributed by atoms with Gasteiger partial charge in [0.05, 0.1) is 6.04 Å². The predicted octanol–water partition coefficient (Wildman–Crippen LogP) is 4.22. The Balaban J connectivity index is 1.67. The summed E-state index contributed by atoms with van der Waals surface area (Å²) in [6, 6.07) is 9.67. The van der Waals surface area contributed by atoms with Crippen molar-refractivity contribution in [3.05, 3.63) is 36.1 Å². The number of furan rings is 1. The first kappa shape index (κ1) is 18.1. The molecular formula is C22H28N2O3. The molecule has 144 valence electrons. The van der Waals surface area contributed by atoms with Gasteiger partial charge in [0.2, 0.25) is 5.91 Å². The Morgan fingerprint density at radius 2 is 1.96 bits per heavy atom. The number of fused-ring (bicyclic) bond motifs is 1. The van der Waals surface area contributed by atoms with E-state index in [0.29, 0.717) is 18.8 Å². The van der Waals surface area contributed by atoms with Crippen LogP contribution in [0.1, 0.15) is 62.9 Å². The number of para-hydroxylation sites is 1. The van der Waals surface area contributed by atoms with Crippen molar-refractivity contribution in [3.63, 3.8) is 0 Å². The zero-order chi connectivity index (χ0) is 19.0. The summed E-state index contributed by atoms with van der Waals surface area (Å²) in [6.07, 6.45) is 6.43. The van der Waals surface area contributed by atoms with E-state index in [1.807, 2.05) is 47.1 Å². The van der Waals surface area contributed by atoms with Crippen LogP contribution in [0.4, 0.5) is 0 Å². The Labute approximate surface area is 160 Å². The molecule has 1 saturated heterocycles. The van der Waals surface area contributed by atoms with Crippen molar-refractivity contribution < 1.29 is 14.0 Å². The van der Waals surface area contributed by atoms with Crippen LogP contribution in [0.5, 0.6) is 0 Å². The Hall–Kier alpha value is -2.30. The van der Waals surface area contributed by atoms with Gasteiger partial charge >= 0.3 is 0 Å². The van der Waals surface area contributed by atoms with E-state index >= 15 is 0 Å². The number of benzene rings is 1. The number of carbonyl (C=O) groups excluding carboxylic acids is 2. The van der Waals surface area contributed by atoms with Crippen molar-refractivity contribution in [2.45, 2.75) is 64.0 Å². The molecular weight excluding hydrogens is 340 g/mol. The number of likely N-dealkylation sites (tertiary alicyclic amines) is 1. The lowest BCUT2D eigenvalue weighted by Gasteiger charge is -2.41. The molecule has 1 aliphatic heterocycles. The highest BCUT2D eigenvalue weighted by Gasteiger charge is 2.50. The smallest absolute Gasteiger partial charge is 0.290 e. The maximum atomic E-state index is 13.4. The van der Waals surface area contributed by atoms with E-state index in [1.54, 1.807) is 6.92 Å². The average molecular weight is 368 g/mol. The van der Waals surface area contributed by atoms with Gasteiger partial charge in [0, 0.05) is 30.9 Å². The molecule has 0 radical (unpaired) electrons. The highest BCUT2D eigenvalue weighted by atomic mass is 16.3. The molecule has 5 heteroatoms. The quantitative estimate of drug-likeness (QED) is 0.815. The van der Waals surface area contributed by atoms with Gasteiger partial charge < -0.3 is 14.2 Å². The van der Waals surface area contributed by atoms with Crippen LogP contribution in [0.3, 0.4) is 0 Å². The second-order valence-corrected chi connectivity index (χ2v) is 8.01. The van der Waals surface area contributed by atoms with E-state index in [0.717, 1.165) is 43.1 Å². The Morgan fingerprint density at radius 1 is 1.22 bits per heavy atom. The standard InChI is InChI=1S/C22H28N2O3/c1-3-23(16(2)25)18-14-22(11-7-4-8-12-22)24(15-18)21(26)20-13-17-9-5-6-10-19(17)27-20/h5-6,9-10,13,18H,3-4,7-8,11-12,14-15H2,1-2H3/t18-/m1/s1. The lowest BCUT2D eigenvalue weighted by Crippen LogP contribution is -2.48. The van der Waals surface area contributed by atoms with Gasteiger partial charge in [-0.1, -0.05) is 37.5 Å². The SMILES string of the molecule is CCN(C(C)=O)[C@H]1CN(C(=O)c2cc3ccccc3o2)C2(CCCCC2)C1. The van der Waals surface area contributed by atoms with Gasteiger partial charge in [-0.25, -0.2) is 0 Å². The molecule has 1 saturated carbocycles. The van der Waals surface area contributed by atoms with Crippen LogP contribution >= 0.6 is 0 Å². The van der Waals surface area contributed by atoms with E-state index in [1.165, 1.54) is 6.42 Å². The lowest BCUT2D eigenvalue weighted by molar-refractivity contribution is -0.130. The van der Waals surface area contributed by atoms with Crippen LogP contribution < -0.4 is 0 Å². The highest BCUT2D eigenvalue weighted by molar-refractivity contribution is 5.96. The molecule has 1 aromatic heterocycles. The first-order valence-corrected chi connectivity index (χ1v) is 10.1. The molecule has 5 nitrogen and oxygen atoms in total. The molecule has 0 bridgehead atoms. The number of hydrogen-bond acceptors (Lipinski definition) is 3. The van der Waals surface area contributed by atoms with Crippen molar-refractivity contribution in [2.24, 2.45) is 0 Å². The molecule has 1 aromatic carbocycles. The summed E-state index contributed by atoms with van der Waals surface area (Å²) in [5.74, 6) is 0.467. The minimum Gasteiger partial charge on any atom is -0.451 e. The lowest BCUT2D eigenvalue weighted by atomic mass is 9.79. The van der Waals surface area contributed by atoms with E-state index in [4.69, 9.17) is 4.42 Å². The van der Waals surface area contributed by atoms with E-state index < -0.39 is 0 Å². The molecule has 1 aliphatic carbocycles. The van der Waals surface area contributed by atoms with Crippen molar-refractivity contribution in [1.29, 1.82) is 0 Å². The molecule has 2 aliphatic rings. The number of amides is 2. The van der Waals surface area contributed by atoms with Crippen molar-refractivity contribution in [1.82, 2.24) is 9.80 Å². The molecule has 0 N–H and O–H groups in total. The Bertz CT molecular complexity index is 817. The van der Waals surface area contributed by atoms with Crippen molar-refractivity contribution in [3.8, 4) is 0 Å². The third-order valence-electron chi connectivity index (χ3n) is 6.43. The zero-order valence-electron chi connectivity index (χ0n) is 16.2. The number of rotatable bonds is 3. The van der Waals surface area contributed by atoms with Crippen LogP contribution in [0, 0.1) is 0 Å². The Kier molecular flexibility index (Phi) is 4.70. The molecule has 4 rings (SSSR count). The largest absolute Gasteiger partial charge is 0.451 e. The van der Waals surface area contributed by atoms with Gasteiger partial charge in [-0.15, -0.1) is 0 Å². The highest BCUT2D eigenvalue weighted by Crippen LogP contribution is 2.44. The molecule has 2 amide bonds. The van der Waals surface area contributed by atoms with Crippen LogP contribution in [0.25, 0.3) is 11.0 Å². The number of carbonyl (C=O) groups is 2. The minimum atomic E-state index is -0.137. The fourth-order valence-electron chi connectivity index (χ4n) is 5.17. The molecule has 2 fully saturated rings. The van der Waals surface area contributed by atoms with Gasteiger partial charge in [0.1, 0.15) is 5.58 Å². The van der Waals surface area contributed by atoms with Gasteiger partial charge in [0.25, 0.3) is 5.91 Å². The van der Waals surface area contributed by atoms with Crippen LogP contribution in [-0.4, -0.2) is 46.3 Å². The second kappa shape index (κ2) is 7.02. The van der Waals surface area contributed by atoms with Gasteiger partial charge in [-0.3, -0.25) is 9.59 Å². The summed E-state index contributed by atoms with van der Waals surface area (Å²) >= 11 is 0. The fraction of sp³-hybridized carbons (Fsp3) is 0.545. The first-order valence-electron chi connectivity index (χ1n) is 10.1. The third kappa shape index (κ3) is 3.13. The third-order valence-corrected chi connectivity index (χ3v) is 6.43. The van der Waals surface area contributed by atoms with Gasteiger partial charge in [-0.2, -0.15) is 0 Å². The van der Waals surface area contributed by atoms with Crippen molar-refractivity contribution in [2.75, 3.05) is 13.1 Å². The maximum Gasteiger partial charge on any atom is 0.290 e. The maximum absolute atomic E-state index is 13.4. The van der Waals surface area contributed by atoms with Crippen molar-refractivity contribution >= 4 is 22.8 Å². The summed E-state index contributed by atoms with van der Waals surface area (Å²) in [7, 11) is 0. The normalized spacial score (nSPS) is 21.7. The van der Waals surface area contributed by atoms with E-state index in [9.17, 15) is 9.59 Å². The number of likely N-dealkylation sites (N-methyl/N-ethyl adjacent to an activating group) is 1. The fourth-order valence-corrected chi connectivity index (χ4v) is 5.17. The van der Waals surface area contributed by atoms with Crippen LogP contribution in [0.2, 0.25) is 0 Å². The second-order valence-electron chi connectivity index (χ2n) is 8.01. The molecule has 2 heterocycles. The number of nitrogens with zero attached hydrogens (tertiary/aromatic N) is 2. The van der Waals surface area contributed by atoms with Gasteiger partial charge in [0.15, 0.2) is 5.76 Å². The topological polar surface area (TPSA) is 53.8 Å². The summed E-state index contributed by atoms with van der Waals surface area (Å²) in [5, 5.41) is 0.952. The Morgan fingerprint density at radius 3 is 2.63 bits per heavy atom. The molecule has 1 spiro atoms. The van der Waals surface area contributed by atoms with E-state index in [2.05, 4.69) is 0 Å². The average Bonchev–Trinajstić information content (AvgIpc) is 3.24. The zero-order valence-corrected chi connectivity index (χ0v) is 16.2. The molecule has 27 heavy (non-hydrogen) atoms. The molecule has 1 atom stereocenters. The first-order chi connectivity index (χ1) is 13.0. The molecule has 0 unspecified atom stereocenters.